The summed E-state index contributed by atoms with van der Waals surface area (Å²) >= 11 is 0. The van der Waals surface area contributed by atoms with Crippen molar-refractivity contribution in [3.63, 3.8) is 0 Å². The maximum absolute atomic E-state index is 10.3. The number of aliphatic carboxylic acids is 2. The molecule has 1 atom stereocenters. The monoisotopic (exact) mass is 284 g/mol. The molecular weight excluding hydrogens is 279 g/mol. The van der Waals surface area contributed by atoms with E-state index in [-0.39, 0.29) is 45.5 Å². The van der Waals surface area contributed by atoms with Crippen molar-refractivity contribution >= 4 is 65.0 Å². The minimum atomic E-state index is -4.97. The molecule has 0 saturated carbocycles. The van der Waals surface area contributed by atoms with Gasteiger partial charge in [-0.3, -0.25) is 4.57 Å². The first-order valence-electron chi connectivity index (χ1n) is 2.71. The minimum Gasteiger partial charge on any atom is -0.550 e. The molecule has 0 aromatic carbocycles. The van der Waals surface area contributed by atoms with Crippen LogP contribution in [0.2, 0.25) is 0 Å². The average Bonchev–Trinajstić information content (AvgIpc) is 1.79. The fourth-order valence-electron chi connectivity index (χ4n) is 0.497. The van der Waals surface area contributed by atoms with Crippen molar-refractivity contribution in [3.8, 4) is 0 Å². The van der Waals surface area contributed by atoms with Gasteiger partial charge in [-0.05, 0) is 0 Å². The minimum absolute atomic E-state index is 0. The molecule has 0 saturated heterocycles. The van der Waals surface area contributed by atoms with E-state index in [4.69, 9.17) is 9.79 Å². The molecule has 70 valence electrons. The van der Waals surface area contributed by atoms with Crippen molar-refractivity contribution in [2.75, 3.05) is 0 Å². The Bertz CT molecular complexity index is 245. The fraction of sp³-hybridized carbons (Fsp3) is 0.500. The van der Waals surface area contributed by atoms with Crippen LogP contribution in [0, 0.1) is 0 Å². The van der Waals surface area contributed by atoms with E-state index in [1.165, 1.54) is 0 Å². The van der Waals surface area contributed by atoms with Crippen LogP contribution in [-0.2, 0) is 14.2 Å². The third-order valence-corrected chi connectivity index (χ3v) is 2.24. The molecule has 0 fully saturated rings. The predicted octanol–water partition coefficient (Wildman–Crippen LogP) is -3.96. The molecule has 0 heterocycles. The van der Waals surface area contributed by atoms with Crippen molar-refractivity contribution in [1.29, 1.82) is 0 Å². The second-order valence-electron chi connectivity index (χ2n) is 2.00. The fourth-order valence-corrected chi connectivity index (χ4v) is 1.16. The molecule has 0 radical (unpaired) electrons. The molecule has 0 spiro atoms. The zero-order valence-electron chi connectivity index (χ0n) is 6.37. The number of rotatable bonds is 4. The van der Waals surface area contributed by atoms with Crippen LogP contribution in [0.4, 0.5) is 0 Å². The zero-order chi connectivity index (χ0) is 9.94. The third kappa shape index (κ3) is 6.62. The van der Waals surface area contributed by atoms with E-state index in [9.17, 15) is 24.4 Å². The van der Waals surface area contributed by atoms with Gasteiger partial charge < -0.3 is 29.6 Å². The van der Waals surface area contributed by atoms with Gasteiger partial charge >= 0.3 is 53.1 Å². The summed E-state index contributed by atoms with van der Waals surface area (Å²) in [5.74, 6) is -3.96. The summed E-state index contributed by atoms with van der Waals surface area (Å²) < 4.78 is 10.3. The molecular formula is C4H5O7PSr. The first kappa shape index (κ1) is 16.0. The van der Waals surface area contributed by atoms with Crippen LogP contribution in [0.15, 0.2) is 0 Å². The van der Waals surface area contributed by atoms with Gasteiger partial charge in [0.2, 0.25) is 0 Å². The summed E-state index contributed by atoms with van der Waals surface area (Å²) in [5.41, 5.74) is -2.33. The van der Waals surface area contributed by atoms with E-state index in [0.717, 1.165) is 0 Å². The topological polar surface area (TPSA) is 138 Å². The van der Waals surface area contributed by atoms with Crippen LogP contribution in [0.1, 0.15) is 6.42 Å². The summed E-state index contributed by atoms with van der Waals surface area (Å²) in [6.07, 6.45) is -1.26. The van der Waals surface area contributed by atoms with Crippen molar-refractivity contribution in [1.82, 2.24) is 0 Å². The largest absolute Gasteiger partial charge is 2.00 e. The Labute approximate surface area is 110 Å². The van der Waals surface area contributed by atoms with E-state index in [2.05, 4.69) is 0 Å². The second-order valence-corrected chi connectivity index (χ2v) is 3.80. The van der Waals surface area contributed by atoms with E-state index in [0.29, 0.717) is 0 Å². The Hall–Kier alpha value is 0.571. The van der Waals surface area contributed by atoms with Gasteiger partial charge in [0.15, 0.2) is 0 Å². The van der Waals surface area contributed by atoms with Gasteiger partial charge in [-0.1, -0.05) is 0 Å². The molecule has 0 aromatic heterocycles. The molecule has 0 aliphatic heterocycles. The molecule has 13 heavy (non-hydrogen) atoms. The SMILES string of the molecule is O=C([O-])CC(C(=O)[O-])P(=O)(O)O.[Sr+2]. The number of hydrogen-bond donors (Lipinski definition) is 2. The van der Waals surface area contributed by atoms with Gasteiger partial charge in [-0.25, -0.2) is 0 Å². The first-order valence-corrected chi connectivity index (χ1v) is 4.39. The molecule has 1 unspecified atom stereocenters. The van der Waals surface area contributed by atoms with E-state index < -0.39 is 31.6 Å². The standard InChI is InChI=1S/C4H7O7P.Sr/c5-3(6)1-2(4(7)8)12(9,10)11;/h2H,1H2,(H,5,6)(H,7,8)(H2,9,10,11);/q;+2/p-2. The average molecular weight is 284 g/mol. The van der Waals surface area contributed by atoms with Gasteiger partial charge in [-0.15, -0.1) is 0 Å². The summed E-state index contributed by atoms with van der Waals surface area (Å²) in [4.78, 5) is 36.4. The number of carboxylic acid groups (broad SMARTS) is 2. The van der Waals surface area contributed by atoms with Crippen molar-refractivity contribution in [2.24, 2.45) is 0 Å². The molecule has 2 N–H and O–H groups in total. The summed E-state index contributed by atoms with van der Waals surface area (Å²) in [7, 11) is -4.97. The maximum Gasteiger partial charge on any atom is 2.00 e. The number of hydrogen-bond acceptors (Lipinski definition) is 5. The quantitative estimate of drug-likeness (QED) is 0.396. The van der Waals surface area contributed by atoms with Crippen molar-refractivity contribution in [2.45, 2.75) is 12.1 Å². The van der Waals surface area contributed by atoms with E-state index in [1.54, 1.807) is 0 Å². The molecule has 7 nitrogen and oxygen atoms in total. The molecule has 9 heteroatoms. The molecule has 0 bridgehead atoms. The van der Waals surface area contributed by atoms with Crippen LogP contribution in [0.5, 0.6) is 0 Å². The number of carbonyl (C=O) groups is 2. The molecule has 0 amide bonds. The van der Waals surface area contributed by atoms with Crippen molar-refractivity contribution < 1.29 is 34.2 Å². The second kappa shape index (κ2) is 6.13. The third-order valence-electron chi connectivity index (χ3n) is 1.04. The summed E-state index contributed by atoms with van der Waals surface area (Å²) in [6.45, 7) is 0. The van der Waals surface area contributed by atoms with Crippen LogP contribution in [0.3, 0.4) is 0 Å². The molecule has 0 aliphatic rings. The van der Waals surface area contributed by atoms with Crippen LogP contribution in [-0.4, -0.2) is 72.9 Å². The van der Waals surface area contributed by atoms with Gasteiger partial charge in [0, 0.05) is 12.4 Å². The Morgan fingerprint density at radius 3 is 1.77 bits per heavy atom. The maximum atomic E-state index is 10.3. The Kier molecular flexibility index (Phi) is 7.55. The van der Waals surface area contributed by atoms with Gasteiger partial charge in [0.25, 0.3) is 0 Å². The van der Waals surface area contributed by atoms with E-state index >= 15 is 0 Å². The smallest absolute Gasteiger partial charge is 0.550 e. The van der Waals surface area contributed by atoms with Crippen LogP contribution >= 0.6 is 7.60 Å². The van der Waals surface area contributed by atoms with Gasteiger partial charge in [0.05, 0.1) is 5.97 Å². The van der Waals surface area contributed by atoms with E-state index in [1.807, 2.05) is 0 Å². The first-order chi connectivity index (χ1) is 5.25. The summed E-state index contributed by atoms with van der Waals surface area (Å²) in [6, 6.07) is 0. The number of carbonyl (C=O) groups excluding carboxylic acids is 2. The van der Waals surface area contributed by atoms with Gasteiger partial charge in [-0.2, -0.15) is 0 Å². The molecule has 0 rings (SSSR count). The van der Waals surface area contributed by atoms with Crippen LogP contribution < -0.4 is 10.2 Å². The van der Waals surface area contributed by atoms with Crippen molar-refractivity contribution in [3.05, 3.63) is 0 Å². The number of carboxylic acids is 2. The molecule has 0 aliphatic carbocycles. The Morgan fingerprint density at radius 1 is 1.31 bits per heavy atom. The normalized spacial score (nSPS) is 12.8. The Morgan fingerprint density at radius 2 is 1.69 bits per heavy atom. The van der Waals surface area contributed by atoms with Gasteiger partial charge in [0.1, 0.15) is 5.66 Å². The predicted molar refractivity (Wildman–Crippen MR) is 36.2 cm³/mol. The summed E-state index contributed by atoms with van der Waals surface area (Å²) in [5, 5.41) is 19.8. The zero-order valence-corrected chi connectivity index (χ0v) is 10.7. The van der Waals surface area contributed by atoms with Crippen LogP contribution in [0.25, 0.3) is 0 Å². The Balaban J connectivity index is 0. The molecule has 0 aromatic rings.